The van der Waals surface area contributed by atoms with Crippen LogP contribution in [0.3, 0.4) is 0 Å². The second kappa shape index (κ2) is 3.16. The highest BCUT2D eigenvalue weighted by Crippen LogP contribution is 2.25. The topological polar surface area (TPSA) is 12.9 Å². The minimum absolute atomic E-state index is 0.835. The van der Waals surface area contributed by atoms with Crippen LogP contribution in [0.1, 0.15) is 12.5 Å². The molecule has 0 radical (unpaired) electrons. The summed E-state index contributed by atoms with van der Waals surface area (Å²) >= 11 is 9.36. The van der Waals surface area contributed by atoms with Crippen LogP contribution >= 0.6 is 45.7 Å². The van der Waals surface area contributed by atoms with Gasteiger partial charge in [0.25, 0.3) is 0 Å². The Balaban J connectivity index is 3.07. The summed E-state index contributed by atoms with van der Waals surface area (Å²) in [5.74, 6) is 0. The molecule has 0 saturated heterocycles. The Kier molecular flexibility index (Phi) is 2.73. The minimum atomic E-state index is 0.835. The van der Waals surface area contributed by atoms with E-state index >= 15 is 0 Å². The molecule has 50 valence electrons. The Hall–Kier alpha value is 0.650. The van der Waals surface area contributed by atoms with Crippen LogP contribution in [0.15, 0.2) is 0 Å². The summed E-state index contributed by atoms with van der Waals surface area (Å²) in [5, 5.41) is 0. The van der Waals surface area contributed by atoms with Gasteiger partial charge in [-0.3, -0.25) is 0 Å². The van der Waals surface area contributed by atoms with Gasteiger partial charge in [0.15, 0.2) is 0 Å². The Morgan fingerprint density at radius 3 is 2.67 bits per heavy atom. The lowest BCUT2D eigenvalue weighted by Crippen LogP contribution is -1.79. The number of hydrogen-bond acceptors (Lipinski definition) is 2. The third-order valence-corrected chi connectivity index (χ3v) is 3.38. The molecule has 0 aliphatic rings. The number of rotatable bonds is 1. The molecule has 0 aliphatic heterocycles. The molecular formula is C5H5ClINS. The first kappa shape index (κ1) is 7.75. The van der Waals surface area contributed by atoms with E-state index in [1.807, 2.05) is 0 Å². The number of hydrogen-bond donors (Lipinski definition) is 0. The standard InChI is InChI=1S/C5H5ClINS/c1-2-3-4(6)9-8-5(3)7/h2H2,1H3. The first-order valence-electron chi connectivity index (χ1n) is 2.55. The largest absolute Gasteiger partial charge is 0.185 e. The predicted octanol–water partition coefficient (Wildman–Crippen LogP) is 2.96. The number of nitrogens with zero attached hydrogens (tertiary/aromatic N) is 1. The van der Waals surface area contributed by atoms with Gasteiger partial charge in [0.2, 0.25) is 0 Å². The smallest absolute Gasteiger partial charge is 0.119 e. The van der Waals surface area contributed by atoms with Crippen molar-refractivity contribution in [2.24, 2.45) is 0 Å². The van der Waals surface area contributed by atoms with Gasteiger partial charge in [0.1, 0.15) is 8.04 Å². The fourth-order valence-corrected chi connectivity index (χ4v) is 2.79. The highest BCUT2D eigenvalue weighted by Gasteiger charge is 2.05. The lowest BCUT2D eigenvalue weighted by molar-refractivity contribution is 1.12. The van der Waals surface area contributed by atoms with Crippen LogP contribution in [0.5, 0.6) is 0 Å². The lowest BCUT2D eigenvalue weighted by atomic mass is 10.3. The summed E-state index contributed by atoms with van der Waals surface area (Å²) in [5.41, 5.74) is 1.18. The molecule has 4 heteroatoms. The van der Waals surface area contributed by atoms with Crippen LogP contribution in [0.4, 0.5) is 0 Å². The molecule has 0 unspecified atom stereocenters. The van der Waals surface area contributed by atoms with E-state index in [9.17, 15) is 0 Å². The molecule has 0 N–H and O–H groups in total. The van der Waals surface area contributed by atoms with Crippen molar-refractivity contribution in [2.75, 3.05) is 0 Å². The molecule has 0 spiro atoms. The second-order valence-corrected chi connectivity index (χ2v) is 3.98. The maximum atomic E-state index is 5.80. The van der Waals surface area contributed by atoms with Crippen molar-refractivity contribution in [1.82, 2.24) is 4.37 Å². The maximum Gasteiger partial charge on any atom is 0.119 e. The summed E-state index contributed by atoms with van der Waals surface area (Å²) < 4.78 is 5.96. The van der Waals surface area contributed by atoms with Crippen molar-refractivity contribution in [2.45, 2.75) is 13.3 Å². The van der Waals surface area contributed by atoms with Crippen LogP contribution in [0.2, 0.25) is 4.34 Å². The molecule has 0 atom stereocenters. The van der Waals surface area contributed by atoms with Crippen LogP contribution < -0.4 is 0 Å². The lowest BCUT2D eigenvalue weighted by Gasteiger charge is -1.87. The van der Waals surface area contributed by atoms with E-state index in [0.717, 1.165) is 14.5 Å². The molecule has 0 fully saturated rings. The molecule has 9 heavy (non-hydrogen) atoms. The third-order valence-electron chi connectivity index (χ3n) is 1.05. The van der Waals surface area contributed by atoms with Crippen molar-refractivity contribution in [1.29, 1.82) is 0 Å². The first-order chi connectivity index (χ1) is 4.25. The van der Waals surface area contributed by atoms with E-state index in [1.54, 1.807) is 0 Å². The van der Waals surface area contributed by atoms with Gasteiger partial charge in [-0.2, -0.15) is 4.37 Å². The average Bonchev–Trinajstić information content (AvgIpc) is 2.12. The first-order valence-corrected chi connectivity index (χ1v) is 4.78. The molecule has 0 aromatic carbocycles. The van der Waals surface area contributed by atoms with Crippen molar-refractivity contribution >= 4 is 45.7 Å². The molecule has 1 rings (SSSR count). The van der Waals surface area contributed by atoms with Crippen molar-refractivity contribution in [3.8, 4) is 0 Å². The quantitative estimate of drug-likeness (QED) is 0.717. The van der Waals surface area contributed by atoms with Crippen LogP contribution in [0, 0.1) is 3.70 Å². The van der Waals surface area contributed by atoms with Crippen LogP contribution in [-0.2, 0) is 6.42 Å². The number of aromatic nitrogens is 1. The zero-order chi connectivity index (χ0) is 6.85. The second-order valence-electron chi connectivity index (χ2n) is 1.58. The van der Waals surface area contributed by atoms with Gasteiger partial charge in [-0.25, -0.2) is 0 Å². The Bertz CT molecular complexity index is 191. The summed E-state index contributed by atoms with van der Waals surface area (Å²) in [6.07, 6.45) is 0.980. The average molecular weight is 274 g/mol. The van der Waals surface area contributed by atoms with Crippen molar-refractivity contribution < 1.29 is 0 Å². The zero-order valence-corrected chi connectivity index (χ0v) is 8.55. The molecule has 0 amide bonds. The normalized spacial score (nSPS) is 10.1. The number of halogens is 2. The van der Waals surface area contributed by atoms with Gasteiger partial charge < -0.3 is 0 Å². The third kappa shape index (κ3) is 1.56. The zero-order valence-electron chi connectivity index (χ0n) is 4.82. The Morgan fingerprint density at radius 2 is 2.44 bits per heavy atom. The van der Waals surface area contributed by atoms with Gasteiger partial charge in [0.05, 0.1) is 0 Å². The summed E-state index contributed by atoms with van der Waals surface area (Å²) in [6.45, 7) is 2.08. The Labute approximate surface area is 76.7 Å². The molecule has 1 heterocycles. The molecular weight excluding hydrogens is 268 g/mol. The van der Waals surface area contributed by atoms with Gasteiger partial charge in [-0.15, -0.1) is 0 Å². The molecule has 1 aromatic rings. The van der Waals surface area contributed by atoms with Crippen LogP contribution in [-0.4, -0.2) is 4.37 Å². The van der Waals surface area contributed by atoms with Gasteiger partial charge in [0, 0.05) is 5.56 Å². The summed E-state index contributed by atoms with van der Waals surface area (Å²) in [7, 11) is 0. The van der Waals surface area contributed by atoms with Gasteiger partial charge in [-0.1, -0.05) is 18.5 Å². The van der Waals surface area contributed by atoms with E-state index in [4.69, 9.17) is 11.6 Å². The van der Waals surface area contributed by atoms with Gasteiger partial charge >= 0.3 is 0 Å². The van der Waals surface area contributed by atoms with Crippen molar-refractivity contribution in [3.05, 3.63) is 13.6 Å². The van der Waals surface area contributed by atoms with E-state index in [1.165, 1.54) is 17.1 Å². The highest BCUT2D eigenvalue weighted by atomic mass is 127. The predicted molar refractivity (Wildman–Crippen MR) is 49.2 cm³/mol. The SMILES string of the molecule is CCc1c(I)nsc1Cl. The van der Waals surface area contributed by atoms with Crippen molar-refractivity contribution in [3.63, 3.8) is 0 Å². The van der Waals surface area contributed by atoms with Gasteiger partial charge in [-0.05, 0) is 40.5 Å². The monoisotopic (exact) mass is 273 g/mol. The van der Waals surface area contributed by atoms with E-state index in [0.29, 0.717) is 0 Å². The molecule has 1 aromatic heterocycles. The molecule has 0 saturated carbocycles. The van der Waals surface area contributed by atoms with E-state index in [-0.39, 0.29) is 0 Å². The highest BCUT2D eigenvalue weighted by molar-refractivity contribution is 14.1. The molecule has 1 nitrogen and oxygen atoms in total. The molecule has 0 aliphatic carbocycles. The Morgan fingerprint density at radius 1 is 1.78 bits per heavy atom. The fourth-order valence-electron chi connectivity index (χ4n) is 0.556. The minimum Gasteiger partial charge on any atom is -0.185 e. The summed E-state index contributed by atoms with van der Waals surface area (Å²) in [6, 6.07) is 0. The maximum absolute atomic E-state index is 5.80. The van der Waals surface area contributed by atoms with Crippen LogP contribution in [0.25, 0.3) is 0 Å². The van der Waals surface area contributed by atoms with E-state index in [2.05, 4.69) is 33.9 Å². The van der Waals surface area contributed by atoms with E-state index < -0.39 is 0 Å². The molecule has 0 bridgehead atoms. The summed E-state index contributed by atoms with van der Waals surface area (Å²) in [4.78, 5) is 0. The fraction of sp³-hybridized carbons (Fsp3) is 0.400.